The molecule has 0 atom stereocenters. The topological polar surface area (TPSA) is 82.7 Å². The molecule has 30 heavy (non-hydrogen) atoms. The fourth-order valence-electron chi connectivity index (χ4n) is 3.66. The molecule has 0 aliphatic carbocycles. The highest BCUT2D eigenvalue weighted by atomic mass is 19.1. The number of halogens is 2. The third kappa shape index (κ3) is 3.15. The largest absolute Gasteiger partial charge is 0.494 e. The molecule has 0 unspecified atom stereocenters. The predicted octanol–water partition coefficient (Wildman–Crippen LogP) is 3.40. The van der Waals surface area contributed by atoms with Gasteiger partial charge in [0, 0.05) is 43.2 Å². The van der Waals surface area contributed by atoms with Crippen molar-refractivity contribution in [3.05, 3.63) is 36.0 Å². The fourth-order valence-corrected chi connectivity index (χ4v) is 3.66. The van der Waals surface area contributed by atoms with Crippen LogP contribution in [0.2, 0.25) is 0 Å². The Balaban J connectivity index is 1.95. The van der Waals surface area contributed by atoms with Crippen LogP contribution in [0.15, 0.2) is 24.4 Å². The third-order valence-electron chi connectivity index (χ3n) is 5.39. The molecule has 7 nitrogen and oxygen atoms in total. The molecule has 1 aliphatic heterocycles. The van der Waals surface area contributed by atoms with Crippen molar-refractivity contribution in [2.75, 3.05) is 45.1 Å². The van der Waals surface area contributed by atoms with Gasteiger partial charge in [0.25, 0.3) is 0 Å². The number of hydrogen-bond donors (Lipinski definition) is 1. The minimum absolute atomic E-state index is 0.0993. The number of ether oxygens (including phenoxy) is 3. The number of nitrogens with two attached hydrogens (primary N) is 1. The number of methoxy groups -OCH3 is 3. The molecule has 1 saturated heterocycles. The highest BCUT2D eigenvalue weighted by Crippen LogP contribution is 2.40. The van der Waals surface area contributed by atoms with Gasteiger partial charge in [-0.3, -0.25) is 0 Å². The second-order valence-electron chi connectivity index (χ2n) is 7.46. The molecule has 0 bridgehead atoms. The number of nitrogens with zero attached hydrogens (tertiary/aromatic N) is 3. The Labute approximate surface area is 172 Å². The zero-order chi connectivity index (χ0) is 21.6. The van der Waals surface area contributed by atoms with Crippen molar-refractivity contribution in [3.63, 3.8) is 0 Å². The van der Waals surface area contributed by atoms with Crippen LogP contribution in [0.25, 0.3) is 22.0 Å². The summed E-state index contributed by atoms with van der Waals surface area (Å²) in [5, 5.41) is 1.39. The average molecular weight is 416 g/mol. The van der Waals surface area contributed by atoms with E-state index < -0.39 is 11.6 Å². The number of benzene rings is 1. The molecular formula is C21H22F2N4O3. The lowest BCUT2D eigenvalue weighted by molar-refractivity contribution is -0.0170. The number of anilines is 2. The second-order valence-corrected chi connectivity index (χ2v) is 7.46. The molecule has 3 heterocycles. The van der Waals surface area contributed by atoms with E-state index in [4.69, 9.17) is 19.9 Å². The van der Waals surface area contributed by atoms with Crippen LogP contribution in [-0.4, -0.2) is 50.0 Å². The first kappa shape index (κ1) is 20.1. The lowest BCUT2D eigenvalue weighted by Crippen LogP contribution is -2.61. The maximum atomic E-state index is 15.1. The normalized spacial score (nSPS) is 15.2. The number of nitrogen functional groups attached to an aromatic ring is 1. The van der Waals surface area contributed by atoms with Crippen molar-refractivity contribution < 1.29 is 23.0 Å². The standard InChI is InChI=1S/C21H22F2N4O3/c1-21(30-4)9-27(10-21)20-12-6-16(24)25-8-11(12)5-13(26-20)17-18(22)14(28-2)7-15(29-3)19(17)23/h5-8H,9-10H2,1-4H3,(H2,24,25). The summed E-state index contributed by atoms with van der Waals surface area (Å²) in [6.07, 6.45) is 1.56. The van der Waals surface area contributed by atoms with Crippen molar-refractivity contribution in [2.24, 2.45) is 0 Å². The summed E-state index contributed by atoms with van der Waals surface area (Å²) in [6, 6.07) is 4.43. The van der Waals surface area contributed by atoms with Gasteiger partial charge >= 0.3 is 0 Å². The quantitative estimate of drug-likeness (QED) is 0.683. The molecule has 1 fully saturated rings. The number of hydrogen-bond acceptors (Lipinski definition) is 7. The molecule has 158 valence electrons. The summed E-state index contributed by atoms with van der Waals surface area (Å²) < 4.78 is 45.8. The average Bonchev–Trinajstić information content (AvgIpc) is 2.71. The monoisotopic (exact) mass is 416 g/mol. The number of pyridine rings is 2. The van der Waals surface area contributed by atoms with Crippen LogP contribution in [0, 0.1) is 11.6 Å². The maximum absolute atomic E-state index is 15.1. The van der Waals surface area contributed by atoms with Crippen LogP contribution < -0.4 is 20.1 Å². The zero-order valence-electron chi connectivity index (χ0n) is 17.1. The first-order valence-corrected chi connectivity index (χ1v) is 9.27. The Kier molecular flexibility index (Phi) is 4.85. The number of rotatable bonds is 5. The Morgan fingerprint density at radius 2 is 1.67 bits per heavy atom. The van der Waals surface area contributed by atoms with Crippen LogP contribution in [-0.2, 0) is 4.74 Å². The van der Waals surface area contributed by atoms with Crippen molar-refractivity contribution in [1.82, 2.24) is 9.97 Å². The number of fused-ring (bicyclic) bond motifs is 1. The van der Waals surface area contributed by atoms with Gasteiger partial charge in [0.05, 0.1) is 31.1 Å². The van der Waals surface area contributed by atoms with E-state index in [1.807, 2.05) is 11.8 Å². The van der Waals surface area contributed by atoms with Gasteiger partial charge in [0.2, 0.25) is 0 Å². The SMILES string of the molecule is COc1cc(OC)c(F)c(-c2cc3cnc(N)cc3c(N3CC(C)(OC)C3)n2)c1F. The van der Waals surface area contributed by atoms with Gasteiger partial charge in [-0.05, 0) is 19.1 Å². The van der Waals surface area contributed by atoms with E-state index in [0.717, 1.165) is 11.5 Å². The van der Waals surface area contributed by atoms with Crippen LogP contribution in [0.3, 0.4) is 0 Å². The van der Waals surface area contributed by atoms with Crippen molar-refractivity contribution in [3.8, 4) is 22.8 Å². The van der Waals surface area contributed by atoms with Crippen molar-refractivity contribution in [1.29, 1.82) is 0 Å². The Morgan fingerprint density at radius 3 is 2.23 bits per heavy atom. The summed E-state index contributed by atoms with van der Waals surface area (Å²) in [5.41, 5.74) is 5.32. The first-order valence-electron chi connectivity index (χ1n) is 9.27. The summed E-state index contributed by atoms with van der Waals surface area (Å²) >= 11 is 0. The second kappa shape index (κ2) is 7.24. The lowest BCUT2D eigenvalue weighted by Gasteiger charge is -2.47. The molecule has 0 spiro atoms. The minimum Gasteiger partial charge on any atom is -0.494 e. The molecule has 0 amide bonds. The zero-order valence-corrected chi connectivity index (χ0v) is 17.1. The van der Waals surface area contributed by atoms with E-state index in [1.165, 1.54) is 14.2 Å². The lowest BCUT2D eigenvalue weighted by atomic mass is 9.95. The van der Waals surface area contributed by atoms with Crippen LogP contribution in [0.5, 0.6) is 11.5 Å². The molecule has 0 saturated carbocycles. The predicted molar refractivity (Wildman–Crippen MR) is 110 cm³/mol. The van der Waals surface area contributed by atoms with Crippen LogP contribution >= 0.6 is 0 Å². The van der Waals surface area contributed by atoms with Crippen molar-refractivity contribution >= 4 is 22.4 Å². The maximum Gasteiger partial charge on any atom is 0.177 e. The molecule has 4 rings (SSSR count). The highest BCUT2D eigenvalue weighted by molar-refractivity contribution is 5.96. The summed E-state index contributed by atoms with van der Waals surface area (Å²) in [4.78, 5) is 10.7. The Hall–Kier alpha value is -3.20. The summed E-state index contributed by atoms with van der Waals surface area (Å²) in [6.45, 7) is 3.13. The summed E-state index contributed by atoms with van der Waals surface area (Å²) in [5.74, 6) is -1.12. The van der Waals surface area contributed by atoms with Gasteiger partial charge in [-0.15, -0.1) is 0 Å². The van der Waals surface area contributed by atoms with E-state index in [1.54, 1.807) is 25.4 Å². The van der Waals surface area contributed by atoms with Gasteiger partial charge in [0.15, 0.2) is 23.1 Å². The first-order chi connectivity index (χ1) is 14.3. The van der Waals surface area contributed by atoms with E-state index in [-0.39, 0.29) is 28.4 Å². The van der Waals surface area contributed by atoms with Gasteiger partial charge in [-0.2, -0.15) is 0 Å². The van der Waals surface area contributed by atoms with Gasteiger partial charge < -0.3 is 24.8 Å². The smallest absolute Gasteiger partial charge is 0.177 e. The molecule has 0 radical (unpaired) electrons. The van der Waals surface area contributed by atoms with Gasteiger partial charge in [0.1, 0.15) is 11.6 Å². The Bertz CT molecular complexity index is 1100. The fraction of sp³-hybridized carbons (Fsp3) is 0.333. The molecule has 1 aliphatic rings. The Morgan fingerprint density at radius 1 is 1.03 bits per heavy atom. The molecule has 2 aromatic heterocycles. The van der Waals surface area contributed by atoms with E-state index in [9.17, 15) is 0 Å². The molecule has 2 N–H and O–H groups in total. The third-order valence-corrected chi connectivity index (χ3v) is 5.39. The minimum atomic E-state index is -0.859. The van der Waals surface area contributed by atoms with Crippen molar-refractivity contribution in [2.45, 2.75) is 12.5 Å². The van der Waals surface area contributed by atoms with Gasteiger partial charge in [-0.25, -0.2) is 18.7 Å². The van der Waals surface area contributed by atoms with E-state index in [2.05, 4.69) is 9.97 Å². The molecule has 9 heteroatoms. The molecule has 3 aromatic rings. The van der Waals surface area contributed by atoms with Gasteiger partial charge in [-0.1, -0.05) is 0 Å². The van der Waals surface area contributed by atoms with E-state index >= 15 is 8.78 Å². The number of aromatic nitrogens is 2. The highest BCUT2D eigenvalue weighted by Gasteiger charge is 2.40. The van der Waals surface area contributed by atoms with E-state index in [0.29, 0.717) is 30.1 Å². The van der Waals surface area contributed by atoms with Crippen LogP contribution in [0.4, 0.5) is 20.4 Å². The molecule has 1 aromatic carbocycles. The molecular weight excluding hydrogens is 394 g/mol. The van der Waals surface area contributed by atoms with Crippen LogP contribution in [0.1, 0.15) is 6.92 Å². The summed E-state index contributed by atoms with van der Waals surface area (Å²) in [7, 11) is 4.25.